The molecule has 1 heterocycles. The van der Waals surface area contributed by atoms with Crippen LogP contribution < -0.4 is 5.32 Å². The number of nitrogens with one attached hydrogen (secondary N) is 1. The molecule has 0 spiro atoms. The van der Waals surface area contributed by atoms with Gasteiger partial charge in [0.05, 0.1) is 0 Å². The molecule has 1 rings (SSSR count). The van der Waals surface area contributed by atoms with E-state index >= 15 is 0 Å². The molecule has 14 heavy (non-hydrogen) atoms. The second kappa shape index (κ2) is 6.95. The van der Waals surface area contributed by atoms with E-state index in [9.17, 15) is 0 Å². The maximum atomic E-state index is 5.05. The lowest BCUT2D eigenvalue weighted by Gasteiger charge is -2.13. The summed E-state index contributed by atoms with van der Waals surface area (Å²) in [4.78, 5) is 1.41. The average Bonchev–Trinajstić information content (AvgIpc) is 2.71. The first-order valence-corrected chi connectivity index (χ1v) is 5.53. The van der Waals surface area contributed by atoms with Crippen LogP contribution in [0.15, 0.2) is 17.5 Å². The molecule has 0 bridgehead atoms. The molecule has 80 valence electrons. The predicted octanol–water partition coefficient (Wildman–Crippen LogP) is 1.50. The third-order valence-corrected chi connectivity index (χ3v) is 2.90. The standard InChI is InChI=1S/C10H17NO2S/c1-12-10(13-2)8-11-6-5-9-4-3-7-14-9/h3-4,7,10-11H,5-6,8H2,1-2H3. The number of thiophene rings is 1. The molecule has 0 saturated carbocycles. The van der Waals surface area contributed by atoms with Crippen LogP contribution >= 0.6 is 11.3 Å². The van der Waals surface area contributed by atoms with Gasteiger partial charge in [-0.05, 0) is 17.9 Å². The Morgan fingerprint density at radius 3 is 2.79 bits per heavy atom. The second-order valence-electron chi connectivity index (χ2n) is 2.93. The normalized spacial score (nSPS) is 11.1. The topological polar surface area (TPSA) is 30.5 Å². The number of hydrogen-bond donors (Lipinski definition) is 1. The van der Waals surface area contributed by atoms with Crippen LogP contribution in [0.25, 0.3) is 0 Å². The largest absolute Gasteiger partial charge is 0.355 e. The van der Waals surface area contributed by atoms with Gasteiger partial charge in [0.2, 0.25) is 0 Å². The monoisotopic (exact) mass is 215 g/mol. The molecule has 0 radical (unpaired) electrons. The average molecular weight is 215 g/mol. The number of ether oxygens (including phenoxy) is 2. The van der Waals surface area contributed by atoms with Gasteiger partial charge in [0.25, 0.3) is 0 Å². The van der Waals surface area contributed by atoms with Crippen molar-refractivity contribution in [3.63, 3.8) is 0 Å². The van der Waals surface area contributed by atoms with Crippen molar-refractivity contribution >= 4 is 11.3 Å². The Balaban J connectivity index is 2.04. The number of methoxy groups -OCH3 is 2. The maximum Gasteiger partial charge on any atom is 0.169 e. The minimum Gasteiger partial charge on any atom is -0.355 e. The highest BCUT2D eigenvalue weighted by molar-refractivity contribution is 7.09. The van der Waals surface area contributed by atoms with Crippen molar-refractivity contribution in [2.75, 3.05) is 27.3 Å². The first-order chi connectivity index (χ1) is 6.86. The fourth-order valence-corrected chi connectivity index (χ4v) is 1.86. The maximum absolute atomic E-state index is 5.05. The molecule has 0 saturated heterocycles. The Hall–Kier alpha value is -0.420. The highest BCUT2D eigenvalue weighted by Gasteiger charge is 2.02. The lowest BCUT2D eigenvalue weighted by molar-refractivity contribution is -0.0985. The van der Waals surface area contributed by atoms with E-state index in [0.29, 0.717) is 0 Å². The molecular weight excluding hydrogens is 198 g/mol. The van der Waals surface area contributed by atoms with E-state index in [0.717, 1.165) is 19.5 Å². The SMILES string of the molecule is COC(CNCCc1cccs1)OC. The zero-order valence-electron chi connectivity index (χ0n) is 8.66. The Kier molecular flexibility index (Phi) is 5.78. The van der Waals surface area contributed by atoms with Crippen molar-refractivity contribution < 1.29 is 9.47 Å². The number of hydrogen-bond acceptors (Lipinski definition) is 4. The molecular formula is C10H17NO2S. The molecule has 1 aromatic heterocycles. The molecule has 0 amide bonds. The molecule has 4 heteroatoms. The Morgan fingerprint density at radius 2 is 2.21 bits per heavy atom. The quantitative estimate of drug-likeness (QED) is 0.552. The van der Waals surface area contributed by atoms with E-state index in [4.69, 9.17) is 9.47 Å². The summed E-state index contributed by atoms with van der Waals surface area (Å²) in [7, 11) is 3.30. The van der Waals surface area contributed by atoms with Crippen LogP contribution in [0.1, 0.15) is 4.88 Å². The van der Waals surface area contributed by atoms with Gasteiger partial charge in [-0.25, -0.2) is 0 Å². The summed E-state index contributed by atoms with van der Waals surface area (Å²) in [6.45, 7) is 1.70. The summed E-state index contributed by atoms with van der Waals surface area (Å²) in [6, 6.07) is 4.23. The van der Waals surface area contributed by atoms with E-state index in [1.807, 2.05) is 0 Å². The minimum absolute atomic E-state index is 0.140. The summed E-state index contributed by atoms with van der Waals surface area (Å²) >= 11 is 1.79. The molecule has 0 fully saturated rings. The van der Waals surface area contributed by atoms with Crippen molar-refractivity contribution in [3.8, 4) is 0 Å². The van der Waals surface area contributed by atoms with Gasteiger partial charge in [-0.3, -0.25) is 0 Å². The van der Waals surface area contributed by atoms with Crippen molar-refractivity contribution in [1.29, 1.82) is 0 Å². The van der Waals surface area contributed by atoms with E-state index in [-0.39, 0.29) is 6.29 Å². The first kappa shape index (κ1) is 11.7. The molecule has 1 aromatic rings. The lowest BCUT2D eigenvalue weighted by atomic mass is 10.3. The Bertz CT molecular complexity index is 222. The predicted molar refractivity (Wildman–Crippen MR) is 58.7 cm³/mol. The summed E-state index contributed by atoms with van der Waals surface area (Å²) in [5, 5.41) is 5.38. The lowest BCUT2D eigenvalue weighted by Crippen LogP contribution is -2.30. The van der Waals surface area contributed by atoms with Crippen LogP contribution in [0.5, 0.6) is 0 Å². The third-order valence-electron chi connectivity index (χ3n) is 1.97. The molecule has 0 aliphatic carbocycles. The van der Waals surface area contributed by atoms with Gasteiger partial charge in [-0.15, -0.1) is 11.3 Å². The molecule has 1 N–H and O–H groups in total. The van der Waals surface area contributed by atoms with Gasteiger partial charge in [-0.1, -0.05) is 6.07 Å². The van der Waals surface area contributed by atoms with Gasteiger partial charge < -0.3 is 14.8 Å². The Labute approximate surface area is 89.0 Å². The van der Waals surface area contributed by atoms with Gasteiger partial charge in [0, 0.05) is 32.2 Å². The molecule has 0 aliphatic rings. The van der Waals surface area contributed by atoms with Crippen molar-refractivity contribution in [2.45, 2.75) is 12.7 Å². The van der Waals surface area contributed by atoms with Gasteiger partial charge >= 0.3 is 0 Å². The molecule has 3 nitrogen and oxygen atoms in total. The van der Waals surface area contributed by atoms with E-state index in [2.05, 4.69) is 22.8 Å². The van der Waals surface area contributed by atoms with Gasteiger partial charge in [0.15, 0.2) is 6.29 Å². The van der Waals surface area contributed by atoms with E-state index in [1.165, 1.54) is 4.88 Å². The van der Waals surface area contributed by atoms with Crippen molar-refractivity contribution in [3.05, 3.63) is 22.4 Å². The molecule has 0 atom stereocenters. The molecule has 0 aromatic carbocycles. The highest BCUT2D eigenvalue weighted by atomic mass is 32.1. The third kappa shape index (κ3) is 4.19. The summed E-state index contributed by atoms with van der Waals surface area (Å²) in [5.74, 6) is 0. The zero-order valence-corrected chi connectivity index (χ0v) is 9.47. The summed E-state index contributed by atoms with van der Waals surface area (Å²) < 4.78 is 10.1. The second-order valence-corrected chi connectivity index (χ2v) is 3.97. The molecule has 0 aliphatic heterocycles. The van der Waals surface area contributed by atoms with Crippen LogP contribution in [0, 0.1) is 0 Å². The van der Waals surface area contributed by atoms with Crippen LogP contribution in [0.3, 0.4) is 0 Å². The number of rotatable bonds is 7. The zero-order chi connectivity index (χ0) is 10.2. The summed E-state index contributed by atoms with van der Waals surface area (Å²) in [5.41, 5.74) is 0. The fraction of sp³-hybridized carbons (Fsp3) is 0.600. The van der Waals surface area contributed by atoms with E-state index < -0.39 is 0 Å². The van der Waals surface area contributed by atoms with Crippen molar-refractivity contribution in [2.24, 2.45) is 0 Å². The van der Waals surface area contributed by atoms with Gasteiger partial charge in [-0.2, -0.15) is 0 Å². The molecule has 0 unspecified atom stereocenters. The van der Waals surface area contributed by atoms with Gasteiger partial charge in [0.1, 0.15) is 0 Å². The Morgan fingerprint density at radius 1 is 1.43 bits per heavy atom. The summed E-state index contributed by atoms with van der Waals surface area (Å²) in [6.07, 6.45) is 0.927. The highest BCUT2D eigenvalue weighted by Crippen LogP contribution is 2.07. The first-order valence-electron chi connectivity index (χ1n) is 4.65. The van der Waals surface area contributed by atoms with Crippen LogP contribution in [-0.4, -0.2) is 33.6 Å². The van der Waals surface area contributed by atoms with E-state index in [1.54, 1.807) is 25.6 Å². The van der Waals surface area contributed by atoms with Crippen LogP contribution in [0.4, 0.5) is 0 Å². The van der Waals surface area contributed by atoms with Crippen molar-refractivity contribution in [1.82, 2.24) is 5.32 Å². The smallest absolute Gasteiger partial charge is 0.169 e. The fourth-order valence-electron chi connectivity index (χ4n) is 1.15. The van der Waals surface area contributed by atoms with Crippen LogP contribution in [0.2, 0.25) is 0 Å². The minimum atomic E-state index is -0.140. The van der Waals surface area contributed by atoms with Crippen LogP contribution in [-0.2, 0) is 15.9 Å².